The van der Waals surface area contributed by atoms with E-state index in [9.17, 15) is 4.39 Å². The fourth-order valence-electron chi connectivity index (χ4n) is 1.84. The topological polar surface area (TPSA) is 9.23 Å². The van der Waals surface area contributed by atoms with Gasteiger partial charge in [0.05, 0.1) is 0 Å². The van der Waals surface area contributed by atoms with Crippen LogP contribution in [0.25, 0.3) is 0 Å². The van der Waals surface area contributed by atoms with E-state index in [1.807, 2.05) is 18.2 Å². The molecule has 0 aliphatic heterocycles. The standard InChI is InChI=1S/C18H13FIO/c19-14-5-4-8-18(13-14)21-17-11-9-16(10-12-17)20-15-6-2-1-3-7-15/h1-13H/q+1. The summed E-state index contributed by atoms with van der Waals surface area (Å²) in [7, 11) is 0. The second-order valence-electron chi connectivity index (χ2n) is 4.40. The molecule has 0 aliphatic rings. The lowest BCUT2D eigenvalue weighted by Gasteiger charge is -2.04. The Hall–Kier alpha value is -1.88. The van der Waals surface area contributed by atoms with Crippen LogP contribution in [0.1, 0.15) is 0 Å². The van der Waals surface area contributed by atoms with Gasteiger partial charge in [0.25, 0.3) is 0 Å². The number of hydrogen-bond donors (Lipinski definition) is 0. The fraction of sp³-hybridized carbons (Fsp3) is 0. The average molecular weight is 391 g/mol. The molecule has 0 saturated heterocycles. The maximum atomic E-state index is 13.1. The van der Waals surface area contributed by atoms with Crippen LogP contribution in [0.3, 0.4) is 0 Å². The smallest absolute Gasteiger partial charge is 0.357 e. The van der Waals surface area contributed by atoms with Gasteiger partial charge in [-0.15, -0.1) is 0 Å². The van der Waals surface area contributed by atoms with Crippen molar-refractivity contribution in [3.8, 4) is 11.5 Å². The van der Waals surface area contributed by atoms with Crippen LogP contribution in [-0.4, -0.2) is 0 Å². The average Bonchev–Trinajstić information content (AvgIpc) is 2.50. The molecule has 0 aliphatic carbocycles. The van der Waals surface area contributed by atoms with E-state index in [0.29, 0.717) is 5.75 Å². The summed E-state index contributed by atoms with van der Waals surface area (Å²) >= 11 is -0.165. The molecule has 0 N–H and O–H groups in total. The zero-order valence-corrected chi connectivity index (χ0v) is 13.3. The van der Waals surface area contributed by atoms with E-state index in [-0.39, 0.29) is 27.0 Å². The highest BCUT2D eigenvalue weighted by Gasteiger charge is 2.14. The van der Waals surface area contributed by atoms with Crippen LogP contribution in [0.5, 0.6) is 11.5 Å². The molecule has 3 rings (SSSR count). The second kappa shape index (κ2) is 6.72. The number of ether oxygens (including phenoxy) is 1. The molecular formula is C18H13FIO+. The van der Waals surface area contributed by atoms with E-state index in [0.717, 1.165) is 5.75 Å². The third kappa shape index (κ3) is 4.04. The minimum atomic E-state index is -0.293. The van der Waals surface area contributed by atoms with Crippen molar-refractivity contribution in [1.82, 2.24) is 0 Å². The maximum Gasteiger partial charge on any atom is 0.357 e. The molecule has 3 heteroatoms. The largest absolute Gasteiger partial charge is 0.457 e. The molecule has 104 valence electrons. The molecule has 0 fully saturated rings. The Kier molecular flexibility index (Phi) is 4.50. The van der Waals surface area contributed by atoms with E-state index < -0.39 is 0 Å². The lowest BCUT2D eigenvalue weighted by molar-refractivity contribution is -0.597. The summed E-state index contributed by atoms with van der Waals surface area (Å²) in [6.45, 7) is 0. The molecule has 0 bridgehead atoms. The number of hydrogen-bond acceptors (Lipinski definition) is 1. The number of halogens is 2. The quantitative estimate of drug-likeness (QED) is 0.616. The van der Waals surface area contributed by atoms with E-state index in [4.69, 9.17) is 4.74 Å². The molecule has 0 saturated carbocycles. The first-order valence-corrected chi connectivity index (χ1v) is 8.69. The SMILES string of the molecule is Fc1cccc(Oc2ccc([I+]c3ccccc3)cc2)c1. The van der Waals surface area contributed by atoms with Gasteiger partial charge in [-0.3, -0.25) is 0 Å². The Bertz CT molecular complexity index is 711. The first kappa shape index (κ1) is 14.1. The van der Waals surface area contributed by atoms with E-state index >= 15 is 0 Å². The lowest BCUT2D eigenvalue weighted by atomic mass is 10.3. The lowest BCUT2D eigenvalue weighted by Crippen LogP contribution is -3.61. The summed E-state index contributed by atoms with van der Waals surface area (Å²) in [6, 6.07) is 24.7. The van der Waals surface area contributed by atoms with Gasteiger partial charge in [-0.1, -0.05) is 24.3 Å². The Morgan fingerprint density at radius 2 is 1.38 bits per heavy atom. The van der Waals surface area contributed by atoms with Crippen molar-refractivity contribution in [1.29, 1.82) is 0 Å². The summed E-state index contributed by atoms with van der Waals surface area (Å²) in [4.78, 5) is 0. The highest BCUT2D eigenvalue weighted by atomic mass is 127. The van der Waals surface area contributed by atoms with Gasteiger partial charge in [-0.2, -0.15) is 0 Å². The molecule has 0 heterocycles. The Labute approximate surface area is 133 Å². The van der Waals surface area contributed by atoms with Gasteiger partial charge in [0.15, 0.2) is 7.14 Å². The zero-order chi connectivity index (χ0) is 14.5. The normalized spacial score (nSPS) is 10.3. The van der Waals surface area contributed by atoms with Gasteiger partial charge in [-0.25, -0.2) is 4.39 Å². The van der Waals surface area contributed by atoms with Crippen LogP contribution in [0.4, 0.5) is 4.39 Å². The van der Waals surface area contributed by atoms with Crippen LogP contribution in [0.15, 0.2) is 78.9 Å². The van der Waals surface area contributed by atoms with Gasteiger partial charge >= 0.3 is 21.2 Å². The monoisotopic (exact) mass is 391 g/mol. The molecule has 3 aromatic carbocycles. The molecule has 1 nitrogen and oxygen atoms in total. The Morgan fingerprint density at radius 1 is 0.667 bits per heavy atom. The highest BCUT2D eigenvalue weighted by Crippen LogP contribution is 2.21. The molecule has 0 spiro atoms. The van der Waals surface area contributed by atoms with Crippen LogP contribution in [-0.2, 0) is 0 Å². The van der Waals surface area contributed by atoms with Crippen molar-refractivity contribution >= 4 is 0 Å². The minimum Gasteiger partial charge on any atom is -0.457 e. The van der Waals surface area contributed by atoms with Crippen molar-refractivity contribution in [2.24, 2.45) is 0 Å². The number of rotatable bonds is 4. The van der Waals surface area contributed by atoms with Crippen LogP contribution in [0.2, 0.25) is 0 Å². The third-order valence-corrected chi connectivity index (χ3v) is 5.48. The van der Waals surface area contributed by atoms with E-state index in [2.05, 4.69) is 36.4 Å². The predicted molar refractivity (Wildman–Crippen MR) is 76.8 cm³/mol. The van der Waals surface area contributed by atoms with Gasteiger partial charge in [0, 0.05) is 6.07 Å². The first-order valence-electron chi connectivity index (χ1n) is 6.53. The number of benzene rings is 3. The summed E-state index contributed by atoms with van der Waals surface area (Å²) < 4.78 is 21.4. The Morgan fingerprint density at radius 3 is 2.10 bits per heavy atom. The van der Waals surface area contributed by atoms with Gasteiger partial charge in [0.1, 0.15) is 17.3 Å². The summed E-state index contributed by atoms with van der Waals surface area (Å²) in [5, 5.41) is 0. The Balaban J connectivity index is 1.69. The third-order valence-electron chi connectivity index (χ3n) is 2.80. The summed E-state index contributed by atoms with van der Waals surface area (Å²) in [6.07, 6.45) is 0. The van der Waals surface area contributed by atoms with Crippen molar-refractivity contribution in [3.63, 3.8) is 0 Å². The predicted octanol–water partition coefficient (Wildman–Crippen LogP) is 1.75. The molecule has 0 unspecified atom stereocenters. The van der Waals surface area contributed by atoms with E-state index in [1.165, 1.54) is 19.3 Å². The van der Waals surface area contributed by atoms with Crippen molar-refractivity contribution in [3.05, 3.63) is 91.8 Å². The molecule has 0 amide bonds. The van der Waals surface area contributed by atoms with Crippen LogP contribution < -0.4 is 25.9 Å². The van der Waals surface area contributed by atoms with E-state index in [1.54, 1.807) is 12.1 Å². The van der Waals surface area contributed by atoms with Crippen LogP contribution >= 0.6 is 0 Å². The summed E-state index contributed by atoms with van der Waals surface area (Å²) in [5.74, 6) is 0.945. The molecular weight excluding hydrogens is 378 g/mol. The van der Waals surface area contributed by atoms with Gasteiger partial charge < -0.3 is 4.74 Å². The minimum absolute atomic E-state index is 0.165. The van der Waals surface area contributed by atoms with Crippen molar-refractivity contribution in [2.75, 3.05) is 0 Å². The van der Waals surface area contributed by atoms with Crippen molar-refractivity contribution in [2.45, 2.75) is 0 Å². The maximum absolute atomic E-state index is 13.1. The molecule has 0 radical (unpaired) electrons. The molecule has 0 atom stereocenters. The highest BCUT2D eigenvalue weighted by molar-refractivity contribution is 5.30. The van der Waals surface area contributed by atoms with Gasteiger partial charge in [0.2, 0.25) is 0 Å². The second-order valence-corrected chi connectivity index (χ2v) is 7.43. The summed E-state index contributed by atoms with van der Waals surface area (Å²) in [5.41, 5.74) is 0. The molecule has 0 aromatic heterocycles. The van der Waals surface area contributed by atoms with Gasteiger partial charge in [-0.05, 0) is 48.5 Å². The molecule has 21 heavy (non-hydrogen) atoms. The van der Waals surface area contributed by atoms with Crippen molar-refractivity contribution < 1.29 is 30.3 Å². The first-order chi connectivity index (χ1) is 10.3. The molecule has 3 aromatic rings. The fourth-order valence-corrected chi connectivity index (χ4v) is 4.05. The zero-order valence-electron chi connectivity index (χ0n) is 11.2. The van der Waals surface area contributed by atoms with Crippen LogP contribution in [0, 0.1) is 13.0 Å².